The first kappa shape index (κ1) is 15.3. The number of ether oxygens (including phenoxy) is 1. The lowest BCUT2D eigenvalue weighted by molar-refractivity contribution is -0.137. The summed E-state index contributed by atoms with van der Waals surface area (Å²) in [7, 11) is 1.40. The number of hydrogen-bond acceptors (Lipinski definition) is 4. The van der Waals surface area contributed by atoms with Gasteiger partial charge in [-0.2, -0.15) is 0 Å². The van der Waals surface area contributed by atoms with Crippen molar-refractivity contribution in [1.29, 1.82) is 0 Å². The van der Waals surface area contributed by atoms with Gasteiger partial charge in [0, 0.05) is 24.8 Å². The molecule has 1 atom stereocenters. The maximum atomic E-state index is 12.0. The molecule has 1 aliphatic heterocycles. The summed E-state index contributed by atoms with van der Waals surface area (Å²) in [4.78, 5) is 25.0. The van der Waals surface area contributed by atoms with E-state index in [4.69, 9.17) is 0 Å². The topological polar surface area (TPSA) is 46.6 Å². The van der Waals surface area contributed by atoms with Crippen LogP contribution in [-0.2, 0) is 14.3 Å². The Labute approximate surface area is 113 Å². The van der Waals surface area contributed by atoms with Crippen molar-refractivity contribution in [3.8, 4) is 0 Å². The van der Waals surface area contributed by atoms with Crippen LogP contribution in [0.15, 0.2) is 0 Å². The highest BCUT2D eigenvalue weighted by atomic mass is 32.2. The van der Waals surface area contributed by atoms with Gasteiger partial charge >= 0.3 is 5.97 Å². The maximum absolute atomic E-state index is 12.0. The van der Waals surface area contributed by atoms with Crippen LogP contribution in [0.2, 0.25) is 0 Å². The third-order valence-corrected chi connectivity index (χ3v) is 4.10. The molecule has 0 N–H and O–H groups in total. The Bertz CT molecular complexity index is 312. The molecule has 1 rings (SSSR count). The van der Waals surface area contributed by atoms with E-state index in [2.05, 4.69) is 25.5 Å². The van der Waals surface area contributed by atoms with Gasteiger partial charge in [-0.1, -0.05) is 20.8 Å². The summed E-state index contributed by atoms with van der Waals surface area (Å²) >= 11 is 1.59. The molecule has 0 saturated carbocycles. The molecule has 0 spiro atoms. The van der Waals surface area contributed by atoms with Gasteiger partial charge in [0.05, 0.1) is 12.9 Å². The number of likely N-dealkylation sites (tertiary alicyclic amines) is 1. The normalized spacial score (nSPS) is 20.0. The standard InChI is InChI=1S/C13H23NO3S/c1-13(2,3)7-11(15)14-6-5-10(8-14)18-9-12(16)17-4/h10H,5-9H2,1-4H3/t10-/m0/s1. The zero-order valence-electron chi connectivity index (χ0n) is 11.7. The molecule has 4 nitrogen and oxygen atoms in total. The number of carbonyl (C=O) groups is 2. The summed E-state index contributed by atoms with van der Waals surface area (Å²) in [5.74, 6) is 0.408. The molecule has 5 heteroatoms. The Kier molecular flexibility index (Phi) is 5.50. The number of methoxy groups -OCH3 is 1. The number of hydrogen-bond donors (Lipinski definition) is 0. The van der Waals surface area contributed by atoms with E-state index in [1.807, 2.05) is 4.90 Å². The number of thioether (sulfide) groups is 1. The van der Waals surface area contributed by atoms with Crippen LogP contribution in [0, 0.1) is 5.41 Å². The Morgan fingerprint density at radius 2 is 2.06 bits per heavy atom. The molecule has 1 aliphatic rings. The molecule has 0 bridgehead atoms. The average Bonchev–Trinajstić information content (AvgIpc) is 2.72. The van der Waals surface area contributed by atoms with Gasteiger partial charge in [-0.05, 0) is 11.8 Å². The third-order valence-electron chi connectivity index (χ3n) is 2.84. The number of esters is 1. The minimum Gasteiger partial charge on any atom is -0.468 e. The molecule has 0 aromatic heterocycles. The molecule has 1 saturated heterocycles. The molecule has 0 aliphatic carbocycles. The Balaban J connectivity index is 2.32. The van der Waals surface area contributed by atoms with Crippen LogP contribution in [0.3, 0.4) is 0 Å². The van der Waals surface area contributed by atoms with Crippen LogP contribution in [0.4, 0.5) is 0 Å². The summed E-state index contributed by atoms with van der Waals surface area (Å²) in [5.41, 5.74) is 0.0360. The highest BCUT2D eigenvalue weighted by Gasteiger charge is 2.29. The Morgan fingerprint density at radius 3 is 2.61 bits per heavy atom. The van der Waals surface area contributed by atoms with Gasteiger partial charge in [0.25, 0.3) is 0 Å². The van der Waals surface area contributed by atoms with Crippen molar-refractivity contribution >= 4 is 23.6 Å². The van der Waals surface area contributed by atoms with Crippen LogP contribution < -0.4 is 0 Å². The van der Waals surface area contributed by atoms with Crippen LogP contribution >= 0.6 is 11.8 Å². The molecule has 1 fully saturated rings. The summed E-state index contributed by atoms with van der Waals surface area (Å²) in [5, 5.41) is 0.369. The van der Waals surface area contributed by atoms with Gasteiger partial charge in [0.15, 0.2) is 0 Å². The fourth-order valence-electron chi connectivity index (χ4n) is 1.90. The largest absolute Gasteiger partial charge is 0.468 e. The first-order chi connectivity index (χ1) is 8.31. The molecular formula is C13H23NO3S. The first-order valence-electron chi connectivity index (χ1n) is 6.28. The minimum atomic E-state index is -0.195. The zero-order valence-corrected chi connectivity index (χ0v) is 12.5. The van der Waals surface area contributed by atoms with Gasteiger partial charge in [-0.25, -0.2) is 0 Å². The highest BCUT2D eigenvalue weighted by Crippen LogP contribution is 2.26. The quantitative estimate of drug-likeness (QED) is 0.734. The van der Waals surface area contributed by atoms with Crippen LogP contribution in [-0.4, -0.2) is 48.0 Å². The zero-order chi connectivity index (χ0) is 13.8. The summed E-state index contributed by atoms with van der Waals surface area (Å²) in [6.07, 6.45) is 1.55. The van der Waals surface area contributed by atoms with Crippen LogP contribution in [0.1, 0.15) is 33.6 Å². The summed E-state index contributed by atoms with van der Waals surface area (Å²) < 4.78 is 4.61. The van der Waals surface area contributed by atoms with Gasteiger partial charge in [-0.3, -0.25) is 9.59 Å². The Morgan fingerprint density at radius 1 is 1.39 bits per heavy atom. The van der Waals surface area contributed by atoms with Crippen LogP contribution in [0.25, 0.3) is 0 Å². The van der Waals surface area contributed by atoms with E-state index >= 15 is 0 Å². The molecule has 0 aromatic rings. The predicted octanol–water partition coefficient (Wildman–Crippen LogP) is 1.93. The van der Waals surface area contributed by atoms with E-state index < -0.39 is 0 Å². The van der Waals surface area contributed by atoms with Gasteiger partial charge < -0.3 is 9.64 Å². The van der Waals surface area contributed by atoms with Gasteiger partial charge in [0.2, 0.25) is 5.91 Å². The second-order valence-electron chi connectivity index (χ2n) is 5.88. The van der Waals surface area contributed by atoms with Gasteiger partial charge in [0.1, 0.15) is 0 Å². The molecule has 1 heterocycles. The summed E-state index contributed by atoms with van der Waals surface area (Å²) in [6, 6.07) is 0. The molecule has 0 unspecified atom stereocenters. The van der Waals surface area contributed by atoms with E-state index in [0.717, 1.165) is 19.5 Å². The third kappa shape index (κ3) is 5.29. The van der Waals surface area contributed by atoms with Crippen molar-refractivity contribution in [3.63, 3.8) is 0 Å². The minimum absolute atomic E-state index is 0.0360. The number of carbonyl (C=O) groups excluding carboxylic acids is 2. The van der Waals surface area contributed by atoms with Crippen molar-refractivity contribution in [1.82, 2.24) is 4.90 Å². The molecule has 104 valence electrons. The molecule has 0 aromatic carbocycles. The van der Waals surface area contributed by atoms with Crippen LogP contribution in [0.5, 0.6) is 0 Å². The molecule has 18 heavy (non-hydrogen) atoms. The summed E-state index contributed by atoms with van der Waals surface area (Å²) in [6.45, 7) is 7.80. The first-order valence-corrected chi connectivity index (χ1v) is 7.33. The molecular weight excluding hydrogens is 250 g/mol. The maximum Gasteiger partial charge on any atom is 0.315 e. The number of nitrogens with zero attached hydrogens (tertiary/aromatic N) is 1. The number of amides is 1. The van der Waals surface area contributed by atoms with Crippen molar-refractivity contribution < 1.29 is 14.3 Å². The van der Waals surface area contributed by atoms with Gasteiger partial charge in [-0.15, -0.1) is 11.8 Å². The monoisotopic (exact) mass is 273 g/mol. The van der Waals surface area contributed by atoms with E-state index in [0.29, 0.717) is 17.4 Å². The van der Waals surface area contributed by atoms with Crippen molar-refractivity contribution in [2.45, 2.75) is 38.9 Å². The fourth-order valence-corrected chi connectivity index (χ4v) is 2.95. The number of rotatable bonds is 4. The second-order valence-corrected chi connectivity index (χ2v) is 7.16. The van der Waals surface area contributed by atoms with Crippen molar-refractivity contribution in [2.24, 2.45) is 5.41 Å². The predicted molar refractivity (Wildman–Crippen MR) is 73.5 cm³/mol. The SMILES string of the molecule is COC(=O)CS[C@H]1CCN(C(=O)CC(C)(C)C)C1. The van der Waals surface area contributed by atoms with Crippen molar-refractivity contribution in [3.05, 3.63) is 0 Å². The van der Waals surface area contributed by atoms with E-state index in [9.17, 15) is 9.59 Å². The highest BCUT2D eigenvalue weighted by molar-refractivity contribution is 8.00. The van der Waals surface area contributed by atoms with E-state index in [1.165, 1.54) is 7.11 Å². The second kappa shape index (κ2) is 6.45. The van der Waals surface area contributed by atoms with Crippen molar-refractivity contribution in [2.75, 3.05) is 26.0 Å². The fraction of sp³-hybridized carbons (Fsp3) is 0.846. The van der Waals surface area contributed by atoms with E-state index in [1.54, 1.807) is 11.8 Å². The molecule has 0 radical (unpaired) electrons. The lowest BCUT2D eigenvalue weighted by atomic mass is 9.92. The average molecular weight is 273 g/mol. The molecule has 1 amide bonds. The smallest absolute Gasteiger partial charge is 0.315 e. The lowest BCUT2D eigenvalue weighted by Crippen LogP contribution is -2.32. The van der Waals surface area contributed by atoms with E-state index in [-0.39, 0.29) is 17.3 Å². The lowest BCUT2D eigenvalue weighted by Gasteiger charge is -2.22. The Hall–Kier alpha value is -0.710.